The van der Waals surface area contributed by atoms with Gasteiger partial charge in [-0.05, 0) is 52.7 Å². The van der Waals surface area contributed by atoms with Crippen molar-refractivity contribution in [3.8, 4) is 17.2 Å². The molecular formula is C31H28N6O4S3. The molecule has 0 saturated carbocycles. The van der Waals surface area contributed by atoms with Gasteiger partial charge in [0, 0.05) is 6.42 Å². The van der Waals surface area contributed by atoms with Crippen LogP contribution in [-0.2, 0) is 11.3 Å². The van der Waals surface area contributed by atoms with E-state index in [0.29, 0.717) is 33.7 Å². The molecule has 0 aliphatic carbocycles. The number of benzene rings is 2. The molecule has 13 heteroatoms. The van der Waals surface area contributed by atoms with Crippen molar-refractivity contribution in [1.29, 1.82) is 0 Å². The summed E-state index contributed by atoms with van der Waals surface area (Å²) in [6.07, 6.45) is 0.606. The second-order valence-corrected chi connectivity index (χ2v) is 12.4. The minimum Gasteiger partial charge on any atom is -0.497 e. The molecule has 1 atom stereocenters. The lowest BCUT2D eigenvalue weighted by atomic mass is 10.0. The fourth-order valence-corrected chi connectivity index (χ4v) is 7.01. The number of hydrazone groups is 1. The first-order chi connectivity index (χ1) is 21.6. The van der Waals surface area contributed by atoms with E-state index in [0.717, 1.165) is 21.9 Å². The fourth-order valence-electron chi connectivity index (χ4n) is 4.83. The molecule has 1 aliphatic rings. The van der Waals surface area contributed by atoms with Gasteiger partial charge < -0.3 is 14.8 Å². The van der Waals surface area contributed by atoms with E-state index in [9.17, 15) is 9.59 Å². The van der Waals surface area contributed by atoms with E-state index in [-0.39, 0.29) is 30.2 Å². The van der Waals surface area contributed by atoms with Crippen LogP contribution >= 0.6 is 34.4 Å². The number of nitrogens with one attached hydrogen (secondary N) is 1. The molecule has 6 rings (SSSR count). The molecule has 3 aromatic heterocycles. The van der Waals surface area contributed by atoms with Gasteiger partial charge in [-0.25, -0.2) is 5.01 Å². The molecule has 2 amide bonds. The van der Waals surface area contributed by atoms with Crippen molar-refractivity contribution in [2.75, 3.05) is 20.0 Å². The Balaban J connectivity index is 1.26. The Morgan fingerprint density at radius 2 is 1.75 bits per heavy atom. The second kappa shape index (κ2) is 13.5. The van der Waals surface area contributed by atoms with Crippen LogP contribution in [0.15, 0.2) is 93.8 Å². The number of methoxy groups -OCH3 is 2. The van der Waals surface area contributed by atoms with Gasteiger partial charge in [0.05, 0.1) is 53.7 Å². The zero-order chi connectivity index (χ0) is 30.5. The SMILES string of the molecule is COc1ccc([C@@H]2CC(c3cccs3)=NN2C(=O)CSc2nnc(CNC(=O)c3cccs3)n2-c2ccccc2OC)cc1. The van der Waals surface area contributed by atoms with Crippen LogP contribution in [0.2, 0.25) is 0 Å². The average molecular weight is 645 g/mol. The highest BCUT2D eigenvalue weighted by Crippen LogP contribution is 2.36. The van der Waals surface area contributed by atoms with Crippen LogP contribution in [0.1, 0.15) is 38.4 Å². The summed E-state index contributed by atoms with van der Waals surface area (Å²) in [4.78, 5) is 28.1. The molecule has 0 spiro atoms. The van der Waals surface area contributed by atoms with Gasteiger partial charge in [0.15, 0.2) is 11.0 Å². The first kappa shape index (κ1) is 29.6. The molecule has 5 aromatic rings. The maximum Gasteiger partial charge on any atom is 0.261 e. The van der Waals surface area contributed by atoms with Gasteiger partial charge in [-0.15, -0.1) is 32.9 Å². The Kier molecular flexibility index (Phi) is 9.05. The van der Waals surface area contributed by atoms with E-state index in [4.69, 9.17) is 14.6 Å². The van der Waals surface area contributed by atoms with Crippen molar-refractivity contribution in [2.24, 2.45) is 5.10 Å². The highest BCUT2D eigenvalue weighted by molar-refractivity contribution is 7.99. The van der Waals surface area contributed by atoms with Gasteiger partial charge >= 0.3 is 0 Å². The van der Waals surface area contributed by atoms with E-state index >= 15 is 0 Å². The number of thioether (sulfide) groups is 1. The minimum absolute atomic E-state index is 0.0721. The van der Waals surface area contributed by atoms with E-state index in [1.54, 1.807) is 36.6 Å². The van der Waals surface area contributed by atoms with Crippen molar-refractivity contribution >= 4 is 52.0 Å². The predicted molar refractivity (Wildman–Crippen MR) is 172 cm³/mol. The first-order valence-corrected chi connectivity index (χ1v) is 16.4. The topological polar surface area (TPSA) is 111 Å². The smallest absolute Gasteiger partial charge is 0.261 e. The number of carbonyl (C=O) groups excluding carboxylic acids is 2. The van der Waals surface area contributed by atoms with Crippen LogP contribution in [0.3, 0.4) is 0 Å². The van der Waals surface area contributed by atoms with Crippen molar-refractivity contribution in [1.82, 2.24) is 25.1 Å². The summed E-state index contributed by atoms with van der Waals surface area (Å²) in [6, 6.07) is 22.6. The molecule has 0 radical (unpaired) electrons. The van der Waals surface area contributed by atoms with Gasteiger partial charge in [0.25, 0.3) is 11.8 Å². The number of ether oxygens (including phenoxy) is 2. The van der Waals surface area contributed by atoms with Crippen LogP contribution in [0, 0.1) is 0 Å². The number of carbonyl (C=O) groups is 2. The lowest BCUT2D eigenvalue weighted by molar-refractivity contribution is -0.130. The number of thiophene rings is 2. The van der Waals surface area contributed by atoms with E-state index < -0.39 is 0 Å². The standard InChI is InChI=1S/C31H28N6O4S3/c1-40-21-13-11-20(12-14-21)24-17-22(26-9-5-15-42-26)35-37(24)29(38)19-44-31-34-33-28(18-32-30(39)27-10-6-16-43-27)36(31)23-7-3-4-8-25(23)41-2/h3-16,24H,17-19H2,1-2H3,(H,32,39)/t24-/m0/s1. The largest absolute Gasteiger partial charge is 0.497 e. The molecule has 1 aliphatic heterocycles. The molecular weight excluding hydrogens is 617 g/mol. The van der Waals surface area contributed by atoms with Crippen LogP contribution < -0.4 is 14.8 Å². The quantitative estimate of drug-likeness (QED) is 0.181. The first-order valence-electron chi connectivity index (χ1n) is 13.6. The third kappa shape index (κ3) is 6.25. The molecule has 0 fully saturated rings. The van der Waals surface area contributed by atoms with Gasteiger partial charge in [0.2, 0.25) is 0 Å². The van der Waals surface area contributed by atoms with Crippen molar-refractivity contribution in [2.45, 2.75) is 24.2 Å². The number of hydrogen-bond donors (Lipinski definition) is 1. The Labute approximate surface area is 266 Å². The maximum absolute atomic E-state index is 13.8. The molecule has 1 N–H and O–H groups in total. The summed E-state index contributed by atoms with van der Waals surface area (Å²) in [7, 11) is 3.22. The van der Waals surface area contributed by atoms with E-state index in [2.05, 4.69) is 15.5 Å². The lowest BCUT2D eigenvalue weighted by Gasteiger charge is -2.22. The molecule has 0 saturated heterocycles. The molecule has 4 heterocycles. The van der Waals surface area contributed by atoms with Gasteiger partial charge in [-0.2, -0.15) is 5.10 Å². The molecule has 0 unspecified atom stereocenters. The van der Waals surface area contributed by atoms with Crippen molar-refractivity contribution in [3.63, 3.8) is 0 Å². The zero-order valence-corrected chi connectivity index (χ0v) is 26.3. The van der Waals surface area contributed by atoms with Crippen LogP contribution in [-0.4, -0.2) is 57.3 Å². The average Bonchev–Trinajstić information content (AvgIpc) is 3.89. The van der Waals surface area contributed by atoms with Crippen LogP contribution in [0.25, 0.3) is 5.69 Å². The Bertz CT molecular complexity index is 1770. The summed E-state index contributed by atoms with van der Waals surface area (Å²) in [5.74, 6) is 1.57. The highest BCUT2D eigenvalue weighted by Gasteiger charge is 2.34. The maximum atomic E-state index is 13.8. The molecule has 224 valence electrons. The molecule has 10 nitrogen and oxygen atoms in total. The van der Waals surface area contributed by atoms with E-state index in [1.165, 1.54) is 23.1 Å². The molecule has 0 bridgehead atoms. The normalized spacial score (nSPS) is 14.4. The zero-order valence-electron chi connectivity index (χ0n) is 23.9. The Morgan fingerprint density at radius 3 is 2.48 bits per heavy atom. The number of hydrogen-bond acceptors (Lipinski definition) is 10. The highest BCUT2D eigenvalue weighted by atomic mass is 32.2. The number of aromatic nitrogens is 3. The fraction of sp³-hybridized carbons (Fsp3) is 0.194. The van der Waals surface area contributed by atoms with Gasteiger partial charge in [0.1, 0.15) is 11.5 Å². The number of para-hydroxylation sites is 2. The molecule has 44 heavy (non-hydrogen) atoms. The van der Waals surface area contributed by atoms with Gasteiger partial charge in [-0.1, -0.05) is 48.2 Å². The minimum atomic E-state index is -0.249. The Morgan fingerprint density at radius 1 is 0.955 bits per heavy atom. The second-order valence-electron chi connectivity index (χ2n) is 9.61. The summed E-state index contributed by atoms with van der Waals surface area (Å²) < 4.78 is 12.8. The summed E-state index contributed by atoms with van der Waals surface area (Å²) in [5.41, 5.74) is 2.55. The summed E-state index contributed by atoms with van der Waals surface area (Å²) >= 11 is 4.22. The monoisotopic (exact) mass is 644 g/mol. The van der Waals surface area contributed by atoms with E-state index in [1.807, 2.05) is 82.1 Å². The van der Waals surface area contributed by atoms with Crippen molar-refractivity contribution < 1.29 is 19.1 Å². The van der Waals surface area contributed by atoms with Crippen LogP contribution in [0.5, 0.6) is 11.5 Å². The third-order valence-electron chi connectivity index (χ3n) is 6.98. The third-order valence-corrected chi connectivity index (χ3v) is 9.68. The van der Waals surface area contributed by atoms with Crippen molar-refractivity contribution in [3.05, 3.63) is 105 Å². The molecule has 2 aromatic carbocycles. The number of rotatable bonds is 11. The summed E-state index contributed by atoms with van der Waals surface area (Å²) in [6.45, 7) is 0.135. The predicted octanol–water partition coefficient (Wildman–Crippen LogP) is 5.81. The number of amides is 2. The lowest BCUT2D eigenvalue weighted by Crippen LogP contribution is -2.28. The van der Waals surface area contributed by atoms with Crippen LogP contribution in [0.4, 0.5) is 0 Å². The van der Waals surface area contributed by atoms with Gasteiger partial charge in [-0.3, -0.25) is 14.2 Å². The Hall–Kier alpha value is -4.46. The summed E-state index contributed by atoms with van der Waals surface area (Å²) in [5, 5.41) is 22.4. The number of nitrogens with zero attached hydrogens (tertiary/aromatic N) is 5.